The van der Waals surface area contributed by atoms with E-state index in [4.69, 9.17) is 5.11 Å². The monoisotopic (exact) mass is 273 g/mol. The normalized spacial score (nSPS) is 10.7. The zero-order valence-electron chi connectivity index (χ0n) is 10.5. The van der Waals surface area contributed by atoms with E-state index in [1.54, 1.807) is 25.1 Å². The van der Waals surface area contributed by atoms with Crippen LogP contribution in [0.15, 0.2) is 34.2 Å². The number of aryl methyl sites for hydroxylation is 1. The largest absolute Gasteiger partial charge is 0.478 e. The third-order valence-corrected chi connectivity index (χ3v) is 2.44. The second-order valence-electron chi connectivity index (χ2n) is 3.84. The molecule has 0 bridgehead atoms. The van der Waals surface area contributed by atoms with Crippen LogP contribution in [0.1, 0.15) is 21.6 Å². The first kappa shape index (κ1) is 13.4. The fourth-order valence-corrected chi connectivity index (χ4v) is 1.47. The Morgan fingerprint density at radius 2 is 2.20 bits per heavy atom. The number of benzene rings is 1. The van der Waals surface area contributed by atoms with Gasteiger partial charge >= 0.3 is 11.7 Å². The third-order valence-electron chi connectivity index (χ3n) is 2.44. The Labute approximate surface area is 113 Å². The lowest BCUT2D eigenvalue weighted by atomic mass is 10.1. The van der Waals surface area contributed by atoms with Gasteiger partial charge in [0.2, 0.25) is 0 Å². The molecule has 1 heterocycles. The Balaban J connectivity index is 2.21. The van der Waals surface area contributed by atoms with Gasteiger partial charge in [0.15, 0.2) is 5.82 Å². The summed E-state index contributed by atoms with van der Waals surface area (Å²) in [6.07, 6.45) is 1.34. The van der Waals surface area contributed by atoms with Crippen LogP contribution in [-0.4, -0.2) is 32.5 Å². The van der Waals surface area contributed by atoms with Gasteiger partial charge in [0.25, 0.3) is 0 Å². The molecule has 0 amide bonds. The van der Waals surface area contributed by atoms with Gasteiger partial charge in [-0.25, -0.2) is 14.7 Å². The van der Waals surface area contributed by atoms with Crippen LogP contribution < -0.4 is 11.1 Å². The summed E-state index contributed by atoms with van der Waals surface area (Å²) in [5.74, 6) is -0.836. The Morgan fingerprint density at radius 1 is 1.45 bits per heavy atom. The van der Waals surface area contributed by atoms with Crippen molar-refractivity contribution in [3.05, 3.63) is 51.6 Å². The molecule has 2 rings (SSSR count). The number of carbonyl (C=O) groups is 1. The molecule has 0 saturated carbocycles. The number of nitrogens with zero attached hydrogens (tertiary/aromatic N) is 3. The number of aromatic carboxylic acids is 1. The van der Waals surface area contributed by atoms with E-state index in [1.165, 1.54) is 12.3 Å². The summed E-state index contributed by atoms with van der Waals surface area (Å²) in [6, 6.07) is 6.42. The maximum Gasteiger partial charge on any atom is 0.363 e. The van der Waals surface area contributed by atoms with Gasteiger partial charge in [0.05, 0.1) is 11.8 Å². The van der Waals surface area contributed by atoms with Crippen molar-refractivity contribution < 1.29 is 9.90 Å². The number of carboxylic acids is 1. The molecule has 2 aromatic rings. The zero-order chi connectivity index (χ0) is 14.5. The highest BCUT2D eigenvalue weighted by Gasteiger charge is 2.06. The van der Waals surface area contributed by atoms with Crippen LogP contribution in [0.5, 0.6) is 0 Å². The van der Waals surface area contributed by atoms with Gasteiger partial charge in [-0.1, -0.05) is 18.2 Å². The molecule has 3 N–H and O–H groups in total. The molecule has 0 atom stereocenters. The molecule has 0 fully saturated rings. The van der Waals surface area contributed by atoms with E-state index >= 15 is 0 Å². The van der Waals surface area contributed by atoms with Gasteiger partial charge in [-0.3, -0.25) is 5.43 Å². The molecule has 1 aromatic carbocycles. The smallest absolute Gasteiger partial charge is 0.363 e. The lowest BCUT2D eigenvalue weighted by molar-refractivity contribution is 0.0697. The molecule has 0 spiro atoms. The van der Waals surface area contributed by atoms with Crippen molar-refractivity contribution in [1.29, 1.82) is 0 Å². The maximum absolute atomic E-state index is 11.0. The van der Waals surface area contributed by atoms with Crippen LogP contribution in [0, 0.1) is 6.92 Å². The summed E-state index contributed by atoms with van der Waals surface area (Å²) in [6.45, 7) is 1.64. The topological polar surface area (TPSA) is 120 Å². The highest BCUT2D eigenvalue weighted by molar-refractivity contribution is 5.98. The first-order chi connectivity index (χ1) is 9.58. The van der Waals surface area contributed by atoms with Crippen molar-refractivity contribution in [3.63, 3.8) is 0 Å². The van der Waals surface area contributed by atoms with Crippen molar-refractivity contribution in [3.8, 4) is 0 Å². The van der Waals surface area contributed by atoms with Gasteiger partial charge in [0.1, 0.15) is 5.69 Å². The highest BCUT2D eigenvalue weighted by atomic mass is 16.4. The van der Waals surface area contributed by atoms with E-state index in [0.29, 0.717) is 11.3 Å². The van der Waals surface area contributed by atoms with Gasteiger partial charge in [-0.2, -0.15) is 15.2 Å². The molecule has 0 saturated heterocycles. The minimum absolute atomic E-state index is 0.131. The SMILES string of the molecule is Cc1n[nH]c(=O)nc1NN=Cc1ccccc1C(=O)O. The molecule has 0 radical (unpaired) electrons. The minimum Gasteiger partial charge on any atom is -0.478 e. The van der Waals surface area contributed by atoms with Crippen molar-refractivity contribution in [2.45, 2.75) is 6.92 Å². The molecule has 0 aliphatic heterocycles. The predicted molar refractivity (Wildman–Crippen MR) is 72.0 cm³/mol. The van der Waals surface area contributed by atoms with Crippen LogP contribution in [0.2, 0.25) is 0 Å². The molecule has 0 unspecified atom stereocenters. The van der Waals surface area contributed by atoms with E-state index in [0.717, 1.165) is 0 Å². The summed E-state index contributed by atoms with van der Waals surface area (Å²) in [7, 11) is 0. The number of nitrogens with one attached hydrogen (secondary N) is 2. The zero-order valence-corrected chi connectivity index (χ0v) is 10.5. The average molecular weight is 273 g/mol. The molecule has 8 heteroatoms. The molecule has 1 aromatic heterocycles. The fraction of sp³-hybridized carbons (Fsp3) is 0.0833. The number of anilines is 1. The summed E-state index contributed by atoms with van der Waals surface area (Å²) < 4.78 is 0. The van der Waals surface area contributed by atoms with Crippen LogP contribution in [0.25, 0.3) is 0 Å². The van der Waals surface area contributed by atoms with Crippen molar-refractivity contribution in [2.24, 2.45) is 5.10 Å². The maximum atomic E-state index is 11.0. The quantitative estimate of drug-likeness (QED) is 0.554. The fourth-order valence-electron chi connectivity index (χ4n) is 1.47. The Bertz CT molecular complexity index is 723. The summed E-state index contributed by atoms with van der Waals surface area (Å²) in [5, 5.41) is 18.8. The van der Waals surface area contributed by atoms with Crippen LogP contribution in [0.3, 0.4) is 0 Å². The Hall–Kier alpha value is -3.03. The predicted octanol–water partition coefficient (Wildman–Crippen LogP) is 0.618. The van der Waals surface area contributed by atoms with E-state index in [-0.39, 0.29) is 11.4 Å². The van der Waals surface area contributed by atoms with E-state index in [9.17, 15) is 9.59 Å². The molecule has 0 aliphatic rings. The number of H-pyrrole nitrogens is 1. The Morgan fingerprint density at radius 3 is 2.95 bits per heavy atom. The number of hydrogen-bond acceptors (Lipinski definition) is 6. The summed E-state index contributed by atoms with van der Waals surface area (Å²) >= 11 is 0. The number of aromatic amines is 1. The van der Waals surface area contributed by atoms with E-state index in [1.807, 2.05) is 0 Å². The van der Waals surface area contributed by atoms with Crippen LogP contribution in [-0.2, 0) is 0 Å². The third kappa shape index (κ3) is 3.05. The van der Waals surface area contributed by atoms with Crippen LogP contribution in [0.4, 0.5) is 5.82 Å². The minimum atomic E-state index is -1.04. The van der Waals surface area contributed by atoms with Crippen molar-refractivity contribution >= 4 is 18.0 Å². The second-order valence-corrected chi connectivity index (χ2v) is 3.84. The van der Waals surface area contributed by atoms with Crippen LogP contribution >= 0.6 is 0 Å². The second kappa shape index (κ2) is 5.74. The number of hydrazone groups is 1. The highest BCUT2D eigenvalue weighted by Crippen LogP contribution is 2.07. The molecule has 102 valence electrons. The molecular weight excluding hydrogens is 262 g/mol. The summed E-state index contributed by atoms with van der Waals surface area (Å²) in [4.78, 5) is 25.7. The van der Waals surface area contributed by atoms with Gasteiger partial charge < -0.3 is 5.11 Å². The summed E-state index contributed by atoms with van der Waals surface area (Å²) in [5.41, 5.74) is 2.98. The first-order valence-corrected chi connectivity index (χ1v) is 5.62. The standard InChI is InChI=1S/C12H11N5O3/c1-7-10(14-12(20)17-15-7)16-13-6-8-4-2-3-5-9(8)11(18)19/h2-6H,1H3,(H,18,19)(H2,14,16,17,20). The van der Waals surface area contributed by atoms with Crippen molar-refractivity contribution in [1.82, 2.24) is 15.2 Å². The lowest BCUT2D eigenvalue weighted by Crippen LogP contribution is -2.15. The number of aromatic nitrogens is 3. The molecule has 0 aliphatic carbocycles. The van der Waals surface area contributed by atoms with Gasteiger partial charge in [-0.15, -0.1) is 0 Å². The molecule has 20 heavy (non-hydrogen) atoms. The van der Waals surface area contributed by atoms with Gasteiger partial charge in [-0.05, 0) is 13.0 Å². The average Bonchev–Trinajstić information content (AvgIpc) is 2.43. The number of carboxylic acid groups (broad SMARTS) is 1. The van der Waals surface area contributed by atoms with E-state index in [2.05, 4.69) is 25.7 Å². The molecule has 8 nitrogen and oxygen atoms in total. The first-order valence-electron chi connectivity index (χ1n) is 5.62. The van der Waals surface area contributed by atoms with Crippen molar-refractivity contribution in [2.75, 3.05) is 5.43 Å². The lowest BCUT2D eigenvalue weighted by Gasteiger charge is -2.02. The molecular formula is C12H11N5O3. The van der Waals surface area contributed by atoms with E-state index < -0.39 is 11.7 Å². The number of rotatable bonds is 4. The van der Waals surface area contributed by atoms with Gasteiger partial charge in [0, 0.05) is 5.56 Å². The Kier molecular flexibility index (Phi) is 3.85. The number of hydrogen-bond donors (Lipinski definition) is 3.